The third-order valence-corrected chi connectivity index (χ3v) is 0.733. The standard InChI is InChI=1S/C6H12O3.C2H4O/c1-4-8-6(3)9-5(2)7;1-2-3/h6H,4H2,1-3H3;2H,1H3. The fourth-order valence-corrected chi connectivity index (χ4v) is 0.502. The highest BCUT2D eigenvalue weighted by Crippen LogP contribution is 1.91. The van der Waals surface area contributed by atoms with Gasteiger partial charge in [-0.1, -0.05) is 0 Å². The second-order valence-electron chi connectivity index (χ2n) is 1.87. The number of hydrogen-bond donors (Lipinski definition) is 0. The van der Waals surface area contributed by atoms with Crippen LogP contribution in [0.2, 0.25) is 0 Å². The highest BCUT2D eigenvalue weighted by Gasteiger charge is 2.01. The van der Waals surface area contributed by atoms with Crippen molar-refractivity contribution in [2.24, 2.45) is 0 Å². The monoisotopic (exact) mass is 176 g/mol. The lowest BCUT2D eigenvalue weighted by Gasteiger charge is -2.09. The summed E-state index contributed by atoms with van der Waals surface area (Å²) in [6, 6.07) is 0. The van der Waals surface area contributed by atoms with E-state index in [4.69, 9.17) is 9.53 Å². The van der Waals surface area contributed by atoms with Gasteiger partial charge in [0.15, 0.2) is 6.29 Å². The maximum atomic E-state index is 10.2. The molecule has 1 atom stereocenters. The molecule has 0 aliphatic heterocycles. The van der Waals surface area contributed by atoms with E-state index >= 15 is 0 Å². The van der Waals surface area contributed by atoms with Crippen molar-refractivity contribution in [2.75, 3.05) is 6.61 Å². The summed E-state index contributed by atoms with van der Waals surface area (Å²) in [7, 11) is 0. The third kappa shape index (κ3) is 16.0. The number of carbonyl (C=O) groups is 2. The molecule has 0 N–H and O–H groups in total. The molecule has 0 fully saturated rings. The molecular weight excluding hydrogens is 160 g/mol. The molecule has 0 amide bonds. The van der Waals surface area contributed by atoms with Crippen LogP contribution in [0.1, 0.15) is 27.7 Å². The van der Waals surface area contributed by atoms with Gasteiger partial charge in [-0.2, -0.15) is 0 Å². The minimum atomic E-state index is -0.410. The highest BCUT2D eigenvalue weighted by atomic mass is 16.7. The molecule has 0 radical (unpaired) electrons. The molecule has 0 bridgehead atoms. The zero-order valence-electron chi connectivity index (χ0n) is 7.99. The maximum Gasteiger partial charge on any atom is 0.304 e. The van der Waals surface area contributed by atoms with Gasteiger partial charge in [-0.15, -0.1) is 0 Å². The fraction of sp³-hybridized carbons (Fsp3) is 0.750. The topological polar surface area (TPSA) is 52.6 Å². The molecular formula is C8H16O4. The van der Waals surface area contributed by atoms with E-state index in [2.05, 4.69) is 4.74 Å². The Morgan fingerprint density at radius 2 is 2.00 bits per heavy atom. The number of rotatable bonds is 3. The minimum Gasteiger partial charge on any atom is -0.436 e. The first-order valence-corrected chi connectivity index (χ1v) is 3.77. The zero-order valence-corrected chi connectivity index (χ0v) is 7.99. The van der Waals surface area contributed by atoms with E-state index in [9.17, 15) is 4.79 Å². The Kier molecular flexibility index (Phi) is 11.5. The van der Waals surface area contributed by atoms with E-state index in [1.54, 1.807) is 6.92 Å². The Hall–Kier alpha value is -0.900. The van der Waals surface area contributed by atoms with Crippen molar-refractivity contribution in [1.82, 2.24) is 0 Å². The van der Waals surface area contributed by atoms with Crippen LogP contribution < -0.4 is 0 Å². The lowest BCUT2D eigenvalue weighted by atomic mass is 10.7. The van der Waals surface area contributed by atoms with Crippen LogP contribution in [0, 0.1) is 0 Å². The number of esters is 1. The lowest BCUT2D eigenvalue weighted by molar-refractivity contribution is -0.171. The van der Waals surface area contributed by atoms with Gasteiger partial charge in [0.2, 0.25) is 0 Å². The summed E-state index contributed by atoms with van der Waals surface area (Å²) in [6.45, 7) is 6.90. The molecule has 0 spiro atoms. The zero-order chi connectivity index (χ0) is 9.98. The summed E-state index contributed by atoms with van der Waals surface area (Å²) in [5.74, 6) is -0.309. The normalized spacial score (nSPS) is 10.7. The van der Waals surface area contributed by atoms with Crippen LogP contribution in [-0.4, -0.2) is 25.2 Å². The van der Waals surface area contributed by atoms with Crippen molar-refractivity contribution in [3.05, 3.63) is 0 Å². The predicted octanol–water partition coefficient (Wildman–Crippen LogP) is 1.14. The molecule has 4 nitrogen and oxygen atoms in total. The molecule has 12 heavy (non-hydrogen) atoms. The van der Waals surface area contributed by atoms with Crippen molar-refractivity contribution in [1.29, 1.82) is 0 Å². The summed E-state index contributed by atoms with van der Waals surface area (Å²) in [5.41, 5.74) is 0. The first-order valence-electron chi connectivity index (χ1n) is 3.77. The van der Waals surface area contributed by atoms with Crippen LogP contribution in [0.3, 0.4) is 0 Å². The molecule has 0 aromatic carbocycles. The van der Waals surface area contributed by atoms with Gasteiger partial charge >= 0.3 is 5.97 Å². The van der Waals surface area contributed by atoms with Gasteiger partial charge in [0.1, 0.15) is 6.29 Å². The van der Waals surface area contributed by atoms with Crippen LogP contribution >= 0.6 is 0 Å². The van der Waals surface area contributed by atoms with E-state index in [1.165, 1.54) is 13.8 Å². The van der Waals surface area contributed by atoms with Gasteiger partial charge in [0.05, 0.1) is 0 Å². The van der Waals surface area contributed by atoms with Gasteiger partial charge in [-0.25, -0.2) is 0 Å². The Morgan fingerprint density at radius 3 is 2.25 bits per heavy atom. The average Bonchev–Trinajstić information content (AvgIpc) is 1.87. The van der Waals surface area contributed by atoms with Gasteiger partial charge in [0, 0.05) is 13.5 Å². The van der Waals surface area contributed by atoms with Crippen LogP contribution in [0.4, 0.5) is 0 Å². The molecule has 0 heterocycles. The van der Waals surface area contributed by atoms with Crippen molar-refractivity contribution in [2.45, 2.75) is 34.0 Å². The Balaban J connectivity index is 0. The summed E-state index contributed by atoms with van der Waals surface area (Å²) in [5, 5.41) is 0. The first kappa shape index (κ1) is 13.7. The smallest absolute Gasteiger partial charge is 0.304 e. The van der Waals surface area contributed by atoms with E-state index in [-0.39, 0.29) is 5.97 Å². The molecule has 0 saturated heterocycles. The SMILES string of the molecule is CC=O.CCOC(C)OC(C)=O. The van der Waals surface area contributed by atoms with Gasteiger partial charge < -0.3 is 14.3 Å². The van der Waals surface area contributed by atoms with E-state index in [0.29, 0.717) is 6.61 Å². The van der Waals surface area contributed by atoms with E-state index in [0.717, 1.165) is 6.29 Å². The van der Waals surface area contributed by atoms with E-state index < -0.39 is 6.29 Å². The largest absolute Gasteiger partial charge is 0.436 e. The van der Waals surface area contributed by atoms with Crippen molar-refractivity contribution in [3.63, 3.8) is 0 Å². The second-order valence-corrected chi connectivity index (χ2v) is 1.87. The molecule has 0 saturated carbocycles. The van der Waals surface area contributed by atoms with E-state index in [1.807, 2.05) is 6.92 Å². The van der Waals surface area contributed by atoms with Crippen LogP contribution in [-0.2, 0) is 19.1 Å². The predicted molar refractivity (Wildman–Crippen MR) is 44.6 cm³/mol. The van der Waals surface area contributed by atoms with Gasteiger partial charge in [-0.3, -0.25) is 4.79 Å². The van der Waals surface area contributed by atoms with Crippen molar-refractivity contribution in [3.8, 4) is 0 Å². The molecule has 0 aliphatic carbocycles. The summed E-state index contributed by atoms with van der Waals surface area (Å²) < 4.78 is 9.54. The minimum absolute atomic E-state index is 0.309. The summed E-state index contributed by atoms with van der Waals surface area (Å²) in [6.07, 6.45) is 0.340. The van der Waals surface area contributed by atoms with Crippen LogP contribution in [0.5, 0.6) is 0 Å². The van der Waals surface area contributed by atoms with Gasteiger partial charge in [0.25, 0.3) is 0 Å². The summed E-state index contributed by atoms with van der Waals surface area (Å²) in [4.78, 5) is 19.0. The number of ether oxygens (including phenoxy) is 2. The molecule has 0 aliphatic rings. The van der Waals surface area contributed by atoms with Crippen LogP contribution in [0.25, 0.3) is 0 Å². The summed E-state index contributed by atoms with van der Waals surface area (Å²) >= 11 is 0. The fourth-order valence-electron chi connectivity index (χ4n) is 0.502. The van der Waals surface area contributed by atoms with Crippen LogP contribution in [0.15, 0.2) is 0 Å². The number of aldehydes is 1. The molecule has 72 valence electrons. The number of hydrogen-bond acceptors (Lipinski definition) is 4. The number of carbonyl (C=O) groups excluding carboxylic acids is 2. The maximum absolute atomic E-state index is 10.2. The molecule has 1 unspecified atom stereocenters. The van der Waals surface area contributed by atoms with Crippen molar-refractivity contribution < 1.29 is 19.1 Å². The quantitative estimate of drug-likeness (QED) is 0.367. The Morgan fingerprint density at radius 1 is 1.58 bits per heavy atom. The highest BCUT2D eigenvalue weighted by molar-refractivity contribution is 5.65. The molecule has 0 aromatic heterocycles. The Labute approximate surface area is 72.8 Å². The second kappa shape index (κ2) is 10.1. The molecule has 4 heteroatoms. The molecule has 0 rings (SSSR count). The van der Waals surface area contributed by atoms with Crippen molar-refractivity contribution >= 4 is 12.3 Å². The lowest BCUT2D eigenvalue weighted by Crippen LogP contribution is -2.15. The average molecular weight is 176 g/mol. The molecule has 0 aromatic rings. The Bertz CT molecular complexity index is 122. The first-order chi connectivity index (χ1) is 5.58. The van der Waals surface area contributed by atoms with Gasteiger partial charge in [-0.05, 0) is 20.8 Å². The third-order valence-electron chi connectivity index (χ3n) is 0.733.